The van der Waals surface area contributed by atoms with Crippen LogP contribution in [-0.2, 0) is 0 Å². The summed E-state index contributed by atoms with van der Waals surface area (Å²) in [4.78, 5) is 0. The van der Waals surface area contributed by atoms with Gasteiger partial charge < -0.3 is 5.11 Å². The second-order valence-corrected chi connectivity index (χ2v) is 5.55. The van der Waals surface area contributed by atoms with Gasteiger partial charge in [0.25, 0.3) is 0 Å². The maximum absolute atomic E-state index is 10.0. The molecule has 1 N–H and O–H groups in total. The van der Waals surface area contributed by atoms with Crippen molar-refractivity contribution in [3.05, 3.63) is 23.8 Å². The first-order valence-electron chi connectivity index (χ1n) is 5.53. The number of hydrogen-bond acceptors (Lipinski definition) is 1. The number of rotatable bonds is 0. The molecule has 78 valence electrons. The highest BCUT2D eigenvalue weighted by Crippen LogP contribution is 2.53. The zero-order valence-electron chi connectivity index (χ0n) is 9.38. The summed E-state index contributed by atoms with van der Waals surface area (Å²) in [5.74, 6) is 0. The van der Waals surface area contributed by atoms with E-state index in [4.69, 9.17) is 0 Å². The average molecular weight is 192 g/mol. The zero-order valence-corrected chi connectivity index (χ0v) is 9.38. The molecule has 14 heavy (non-hydrogen) atoms. The van der Waals surface area contributed by atoms with Gasteiger partial charge in [-0.25, -0.2) is 0 Å². The Balaban J connectivity index is 2.43. The molecule has 0 saturated heterocycles. The molecule has 0 spiro atoms. The molecule has 2 rings (SSSR count). The molecule has 1 nitrogen and oxygen atoms in total. The molecule has 2 atom stereocenters. The van der Waals surface area contributed by atoms with E-state index in [1.807, 2.05) is 0 Å². The first-order valence-corrected chi connectivity index (χ1v) is 5.53. The van der Waals surface area contributed by atoms with Gasteiger partial charge in [-0.05, 0) is 24.7 Å². The van der Waals surface area contributed by atoms with Crippen molar-refractivity contribution in [3.63, 3.8) is 0 Å². The van der Waals surface area contributed by atoms with Crippen LogP contribution in [0.5, 0.6) is 0 Å². The SMILES string of the molecule is CC1(C)C2=CC=CC[C@]2(C)CC[C@@H]1O. The molecular formula is C13H20O. The maximum Gasteiger partial charge on any atom is 0.0628 e. The van der Waals surface area contributed by atoms with E-state index in [0.29, 0.717) is 5.41 Å². The summed E-state index contributed by atoms with van der Waals surface area (Å²) >= 11 is 0. The Morgan fingerprint density at radius 1 is 1.36 bits per heavy atom. The fourth-order valence-corrected chi connectivity index (χ4v) is 3.03. The molecule has 1 saturated carbocycles. The molecule has 2 aliphatic carbocycles. The monoisotopic (exact) mass is 192 g/mol. The van der Waals surface area contributed by atoms with E-state index in [2.05, 4.69) is 39.0 Å². The highest BCUT2D eigenvalue weighted by Gasteiger charge is 2.46. The molecule has 0 aliphatic heterocycles. The second-order valence-electron chi connectivity index (χ2n) is 5.55. The Labute approximate surface area is 86.5 Å². The Kier molecular flexibility index (Phi) is 2.11. The van der Waals surface area contributed by atoms with E-state index in [-0.39, 0.29) is 11.5 Å². The van der Waals surface area contributed by atoms with Gasteiger partial charge in [-0.15, -0.1) is 0 Å². The molecule has 0 unspecified atom stereocenters. The van der Waals surface area contributed by atoms with Crippen molar-refractivity contribution >= 4 is 0 Å². The van der Waals surface area contributed by atoms with Gasteiger partial charge in [-0.2, -0.15) is 0 Å². The van der Waals surface area contributed by atoms with Crippen molar-refractivity contribution in [1.82, 2.24) is 0 Å². The van der Waals surface area contributed by atoms with E-state index in [1.165, 1.54) is 5.57 Å². The molecule has 1 heteroatoms. The molecule has 0 heterocycles. The van der Waals surface area contributed by atoms with Crippen molar-refractivity contribution in [3.8, 4) is 0 Å². The van der Waals surface area contributed by atoms with Gasteiger partial charge in [-0.1, -0.05) is 44.6 Å². The number of aliphatic hydroxyl groups excluding tert-OH is 1. The van der Waals surface area contributed by atoms with Gasteiger partial charge in [0, 0.05) is 5.41 Å². The number of hydrogen-bond donors (Lipinski definition) is 1. The van der Waals surface area contributed by atoms with Crippen LogP contribution in [0.1, 0.15) is 40.0 Å². The Hall–Kier alpha value is -0.560. The molecule has 0 radical (unpaired) electrons. The average Bonchev–Trinajstić information content (AvgIpc) is 2.13. The van der Waals surface area contributed by atoms with E-state index in [0.717, 1.165) is 19.3 Å². The standard InChI is InChI=1S/C13H20O/c1-12(2)10-6-4-5-8-13(10,3)9-7-11(12)14/h4-6,11,14H,7-9H2,1-3H3/t11-,13+/m0/s1. The third-order valence-electron chi connectivity index (χ3n) is 4.11. The number of fused-ring (bicyclic) bond motifs is 1. The Morgan fingerprint density at radius 3 is 2.79 bits per heavy atom. The van der Waals surface area contributed by atoms with Crippen LogP contribution in [0.15, 0.2) is 23.8 Å². The van der Waals surface area contributed by atoms with Gasteiger partial charge >= 0.3 is 0 Å². The van der Waals surface area contributed by atoms with Crippen LogP contribution in [0, 0.1) is 10.8 Å². The molecule has 0 aromatic heterocycles. The summed E-state index contributed by atoms with van der Waals surface area (Å²) in [6.07, 6.45) is 9.62. The number of allylic oxidation sites excluding steroid dienone is 3. The molecule has 1 fully saturated rings. The van der Waals surface area contributed by atoms with Crippen LogP contribution in [-0.4, -0.2) is 11.2 Å². The van der Waals surface area contributed by atoms with Crippen LogP contribution in [0.25, 0.3) is 0 Å². The minimum atomic E-state index is -0.173. The highest BCUT2D eigenvalue weighted by atomic mass is 16.3. The minimum absolute atomic E-state index is 0.0439. The van der Waals surface area contributed by atoms with E-state index >= 15 is 0 Å². The first-order chi connectivity index (χ1) is 6.47. The summed E-state index contributed by atoms with van der Waals surface area (Å²) < 4.78 is 0. The summed E-state index contributed by atoms with van der Waals surface area (Å²) in [6.45, 7) is 6.66. The van der Waals surface area contributed by atoms with E-state index < -0.39 is 0 Å². The van der Waals surface area contributed by atoms with Crippen molar-refractivity contribution < 1.29 is 5.11 Å². The lowest BCUT2D eigenvalue weighted by atomic mass is 9.57. The third-order valence-corrected chi connectivity index (χ3v) is 4.11. The van der Waals surface area contributed by atoms with Gasteiger partial charge in [0.15, 0.2) is 0 Å². The van der Waals surface area contributed by atoms with Gasteiger partial charge in [-0.3, -0.25) is 0 Å². The molecule has 2 aliphatic rings. The summed E-state index contributed by atoms with van der Waals surface area (Å²) in [5.41, 5.74) is 1.70. The molecule has 0 aromatic carbocycles. The largest absolute Gasteiger partial charge is 0.392 e. The Morgan fingerprint density at radius 2 is 2.07 bits per heavy atom. The molecule has 0 aromatic rings. The fraction of sp³-hybridized carbons (Fsp3) is 0.692. The molecule has 0 bridgehead atoms. The highest BCUT2D eigenvalue weighted by molar-refractivity contribution is 5.33. The van der Waals surface area contributed by atoms with Gasteiger partial charge in [0.1, 0.15) is 0 Å². The van der Waals surface area contributed by atoms with Gasteiger partial charge in [0.05, 0.1) is 6.10 Å². The van der Waals surface area contributed by atoms with Crippen LogP contribution >= 0.6 is 0 Å². The smallest absolute Gasteiger partial charge is 0.0628 e. The van der Waals surface area contributed by atoms with E-state index in [9.17, 15) is 5.11 Å². The lowest BCUT2D eigenvalue weighted by molar-refractivity contribution is 0.0137. The molecule has 0 amide bonds. The lowest BCUT2D eigenvalue weighted by Crippen LogP contribution is -2.44. The lowest BCUT2D eigenvalue weighted by Gasteiger charge is -2.49. The zero-order chi connectivity index (χ0) is 10.4. The van der Waals surface area contributed by atoms with Crippen LogP contribution < -0.4 is 0 Å². The number of aliphatic hydroxyl groups is 1. The van der Waals surface area contributed by atoms with Crippen LogP contribution in [0.3, 0.4) is 0 Å². The summed E-state index contributed by atoms with van der Waals surface area (Å²) in [7, 11) is 0. The minimum Gasteiger partial charge on any atom is -0.392 e. The van der Waals surface area contributed by atoms with Crippen molar-refractivity contribution in [2.24, 2.45) is 10.8 Å². The van der Waals surface area contributed by atoms with E-state index in [1.54, 1.807) is 0 Å². The maximum atomic E-state index is 10.0. The Bertz CT molecular complexity index is 298. The quantitative estimate of drug-likeness (QED) is 0.625. The summed E-state index contributed by atoms with van der Waals surface area (Å²) in [5, 5.41) is 10.0. The fourth-order valence-electron chi connectivity index (χ4n) is 3.03. The van der Waals surface area contributed by atoms with Crippen LogP contribution in [0.4, 0.5) is 0 Å². The summed E-state index contributed by atoms with van der Waals surface area (Å²) in [6, 6.07) is 0. The topological polar surface area (TPSA) is 20.2 Å². The molecular weight excluding hydrogens is 172 g/mol. The third kappa shape index (κ3) is 1.26. The first kappa shape index (κ1) is 9.97. The predicted octanol–water partition coefficient (Wildman–Crippen LogP) is 3.06. The van der Waals surface area contributed by atoms with Crippen LogP contribution in [0.2, 0.25) is 0 Å². The normalized spacial score (nSPS) is 40.3. The predicted molar refractivity (Wildman–Crippen MR) is 59.0 cm³/mol. The second kappa shape index (κ2) is 2.96. The van der Waals surface area contributed by atoms with Crippen molar-refractivity contribution in [2.45, 2.75) is 46.1 Å². The van der Waals surface area contributed by atoms with Crippen molar-refractivity contribution in [1.29, 1.82) is 0 Å². The van der Waals surface area contributed by atoms with Gasteiger partial charge in [0.2, 0.25) is 0 Å². The van der Waals surface area contributed by atoms with Crippen molar-refractivity contribution in [2.75, 3.05) is 0 Å².